The van der Waals surface area contributed by atoms with Crippen molar-refractivity contribution >= 4 is 23.3 Å². The van der Waals surface area contributed by atoms with Crippen molar-refractivity contribution in [3.8, 4) is 0 Å². The highest BCUT2D eigenvalue weighted by Gasteiger charge is 2.27. The highest BCUT2D eigenvalue weighted by molar-refractivity contribution is 6.30. The SMILES string of the molecule is O=C(O)CC(O)C(O)c1ccc(Cl)cc1[N+](=O)[O-]. The van der Waals surface area contributed by atoms with E-state index in [1.807, 2.05) is 0 Å². The van der Waals surface area contributed by atoms with Crippen LogP contribution in [0.5, 0.6) is 0 Å². The number of carboxylic acid groups (broad SMARTS) is 1. The quantitative estimate of drug-likeness (QED) is 0.547. The molecule has 0 saturated carbocycles. The van der Waals surface area contributed by atoms with Gasteiger partial charge in [-0.05, 0) is 12.1 Å². The number of hydrogen-bond acceptors (Lipinski definition) is 5. The number of nitro groups is 1. The van der Waals surface area contributed by atoms with Crippen LogP contribution in [0.3, 0.4) is 0 Å². The highest BCUT2D eigenvalue weighted by Crippen LogP contribution is 2.30. The van der Waals surface area contributed by atoms with E-state index in [-0.39, 0.29) is 10.6 Å². The maximum Gasteiger partial charge on any atom is 0.306 e. The van der Waals surface area contributed by atoms with Gasteiger partial charge in [0.15, 0.2) is 0 Å². The minimum Gasteiger partial charge on any atom is -0.481 e. The Balaban J connectivity index is 3.08. The number of aliphatic carboxylic acids is 1. The second-order valence-electron chi connectivity index (χ2n) is 3.57. The molecule has 1 aromatic rings. The van der Waals surface area contributed by atoms with Crippen LogP contribution >= 0.6 is 11.6 Å². The van der Waals surface area contributed by atoms with Crippen molar-refractivity contribution < 1.29 is 25.0 Å². The number of rotatable bonds is 5. The van der Waals surface area contributed by atoms with Gasteiger partial charge in [-0.1, -0.05) is 11.6 Å². The summed E-state index contributed by atoms with van der Waals surface area (Å²) in [5, 5.41) is 38.5. The van der Waals surface area contributed by atoms with Crippen molar-refractivity contribution in [1.29, 1.82) is 0 Å². The molecule has 1 aromatic carbocycles. The lowest BCUT2D eigenvalue weighted by Gasteiger charge is -2.16. The monoisotopic (exact) mass is 275 g/mol. The van der Waals surface area contributed by atoms with Gasteiger partial charge < -0.3 is 15.3 Å². The molecule has 8 heteroatoms. The second-order valence-corrected chi connectivity index (χ2v) is 4.01. The predicted molar refractivity (Wildman–Crippen MR) is 61.3 cm³/mol. The zero-order valence-electron chi connectivity index (χ0n) is 8.99. The minimum absolute atomic E-state index is 0.102. The van der Waals surface area contributed by atoms with Crippen LogP contribution in [-0.2, 0) is 4.79 Å². The van der Waals surface area contributed by atoms with Crippen molar-refractivity contribution in [2.24, 2.45) is 0 Å². The molecular formula is C10H10ClNO6. The van der Waals surface area contributed by atoms with Crippen molar-refractivity contribution in [3.63, 3.8) is 0 Å². The molecule has 0 aliphatic carbocycles. The standard InChI is InChI=1S/C10H10ClNO6/c11-5-1-2-6(7(3-5)12(17)18)10(16)8(13)4-9(14)15/h1-3,8,10,13,16H,4H2,(H,14,15). The van der Waals surface area contributed by atoms with Crippen LogP contribution in [0.2, 0.25) is 5.02 Å². The molecule has 0 saturated heterocycles. The first-order chi connectivity index (χ1) is 8.32. The van der Waals surface area contributed by atoms with E-state index in [0.717, 1.165) is 6.07 Å². The molecule has 2 atom stereocenters. The van der Waals surface area contributed by atoms with Gasteiger partial charge in [-0.15, -0.1) is 0 Å². The zero-order chi connectivity index (χ0) is 13.9. The summed E-state index contributed by atoms with van der Waals surface area (Å²) in [6.07, 6.45) is -4.03. The lowest BCUT2D eigenvalue weighted by atomic mass is 10.0. The summed E-state index contributed by atoms with van der Waals surface area (Å²) >= 11 is 5.59. The molecule has 0 spiro atoms. The second kappa shape index (κ2) is 5.76. The maximum absolute atomic E-state index is 10.8. The number of carbonyl (C=O) groups is 1. The van der Waals surface area contributed by atoms with Crippen LogP contribution in [-0.4, -0.2) is 32.3 Å². The third-order valence-electron chi connectivity index (χ3n) is 2.26. The topological polar surface area (TPSA) is 121 Å². The number of nitrogens with zero attached hydrogens (tertiary/aromatic N) is 1. The summed E-state index contributed by atoms with van der Waals surface area (Å²) in [6.45, 7) is 0. The fourth-order valence-electron chi connectivity index (χ4n) is 1.42. The molecule has 0 bridgehead atoms. The van der Waals surface area contributed by atoms with Crippen molar-refractivity contribution in [1.82, 2.24) is 0 Å². The number of aliphatic hydroxyl groups excluding tert-OH is 2. The Morgan fingerprint density at radius 3 is 2.56 bits per heavy atom. The highest BCUT2D eigenvalue weighted by atomic mass is 35.5. The van der Waals surface area contributed by atoms with Gasteiger partial charge in [0, 0.05) is 11.1 Å². The van der Waals surface area contributed by atoms with Gasteiger partial charge in [0.05, 0.1) is 23.0 Å². The molecule has 0 aliphatic rings. The fraction of sp³-hybridized carbons (Fsp3) is 0.300. The molecule has 1 rings (SSSR count). The Kier molecular flexibility index (Phi) is 4.60. The van der Waals surface area contributed by atoms with E-state index in [4.69, 9.17) is 16.7 Å². The number of benzene rings is 1. The number of halogens is 1. The Morgan fingerprint density at radius 2 is 2.06 bits per heavy atom. The summed E-state index contributed by atoms with van der Waals surface area (Å²) in [4.78, 5) is 20.4. The third-order valence-corrected chi connectivity index (χ3v) is 2.49. The smallest absolute Gasteiger partial charge is 0.306 e. The zero-order valence-corrected chi connectivity index (χ0v) is 9.74. The molecule has 18 heavy (non-hydrogen) atoms. The summed E-state index contributed by atoms with van der Waals surface area (Å²) in [6, 6.07) is 3.50. The van der Waals surface area contributed by atoms with Crippen LogP contribution < -0.4 is 0 Å². The predicted octanol–water partition coefficient (Wildman–Crippen LogP) is 1.12. The summed E-state index contributed by atoms with van der Waals surface area (Å²) in [5.74, 6) is -1.32. The molecule has 3 N–H and O–H groups in total. The molecule has 0 fully saturated rings. The minimum atomic E-state index is -1.67. The van der Waals surface area contributed by atoms with E-state index in [1.165, 1.54) is 12.1 Å². The molecule has 0 amide bonds. The van der Waals surface area contributed by atoms with E-state index in [1.54, 1.807) is 0 Å². The molecular weight excluding hydrogens is 266 g/mol. The van der Waals surface area contributed by atoms with Crippen LogP contribution in [0.1, 0.15) is 18.1 Å². The van der Waals surface area contributed by atoms with E-state index in [0.29, 0.717) is 0 Å². The average Bonchev–Trinajstić information content (AvgIpc) is 2.26. The first-order valence-corrected chi connectivity index (χ1v) is 5.22. The molecule has 7 nitrogen and oxygen atoms in total. The first kappa shape index (κ1) is 14.4. The van der Waals surface area contributed by atoms with Gasteiger partial charge in [0.1, 0.15) is 6.10 Å². The Bertz CT molecular complexity index is 477. The first-order valence-electron chi connectivity index (χ1n) is 4.84. The van der Waals surface area contributed by atoms with Crippen LogP contribution in [0, 0.1) is 10.1 Å². The van der Waals surface area contributed by atoms with E-state index in [2.05, 4.69) is 0 Å². The number of hydrogen-bond donors (Lipinski definition) is 3. The van der Waals surface area contributed by atoms with E-state index < -0.39 is 35.2 Å². The maximum atomic E-state index is 10.8. The largest absolute Gasteiger partial charge is 0.481 e. The number of nitro benzene ring substituents is 1. The lowest BCUT2D eigenvalue weighted by molar-refractivity contribution is -0.386. The Morgan fingerprint density at radius 1 is 1.44 bits per heavy atom. The van der Waals surface area contributed by atoms with Crippen molar-refractivity contribution in [2.45, 2.75) is 18.6 Å². The molecule has 0 radical (unpaired) electrons. The fourth-order valence-corrected chi connectivity index (χ4v) is 1.59. The van der Waals surface area contributed by atoms with Gasteiger partial charge in [0.25, 0.3) is 5.69 Å². The van der Waals surface area contributed by atoms with Crippen LogP contribution in [0.4, 0.5) is 5.69 Å². The molecule has 2 unspecified atom stereocenters. The van der Waals surface area contributed by atoms with Gasteiger partial charge >= 0.3 is 5.97 Å². The van der Waals surface area contributed by atoms with Crippen LogP contribution in [0.25, 0.3) is 0 Å². The molecule has 0 aliphatic heterocycles. The van der Waals surface area contributed by atoms with Crippen LogP contribution in [0.15, 0.2) is 18.2 Å². The third kappa shape index (κ3) is 3.39. The van der Waals surface area contributed by atoms with Gasteiger partial charge in [-0.2, -0.15) is 0 Å². The molecule has 0 aromatic heterocycles. The number of aliphatic hydroxyl groups is 2. The van der Waals surface area contributed by atoms with Crippen molar-refractivity contribution in [2.75, 3.05) is 0 Å². The Labute approximate surface area is 106 Å². The van der Waals surface area contributed by atoms with E-state index >= 15 is 0 Å². The van der Waals surface area contributed by atoms with Gasteiger partial charge in [-0.25, -0.2) is 0 Å². The van der Waals surface area contributed by atoms with Crippen molar-refractivity contribution in [3.05, 3.63) is 38.9 Å². The summed E-state index contributed by atoms with van der Waals surface area (Å²) in [5.41, 5.74) is -0.655. The normalized spacial score (nSPS) is 13.9. The molecule has 98 valence electrons. The summed E-state index contributed by atoms with van der Waals surface area (Å²) < 4.78 is 0. The lowest BCUT2D eigenvalue weighted by Crippen LogP contribution is -2.22. The van der Waals surface area contributed by atoms with E-state index in [9.17, 15) is 25.1 Å². The van der Waals surface area contributed by atoms with Gasteiger partial charge in [0.2, 0.25) is 0 Å². The average molecular weight is 276 g/mol. The summed E-state index contributed by atoms with van der Waals surface area (Å²) in [7, 11) is 0. The molecule has 0 heterocycles. The Hall–Kier alpha value is -1.70. The number of carboxylic acids is 1. The van der Waals surface area contributed by atoms with Gasteiger partial charge in [-0.3, -0.25) is 14.9 Å².